The van der Waals surface area contributed by atoms with Crippen molar-refractivity contribution < 1.29 is 53.4 Å². The Bertz CT molecular complexity index is 1010. The van der Waals surface area contributed by atoms with Crippen molar-refractivity contribution in [3.05, 3.63) is 35.2 Å². The molecule has 1 N–H and O–H groups in total. The van der Waals surface area contributed by atoms with Crippen molar-refractivity contribution >= 4 is 22.0 Å². The van der Waals surface area contributed by atoms with E-state index in [0.29, 0.717) is 22.5 Å². The zero-order valence-electron chi connectivity index (χ0n) is 17.0. The molecule has 0 saturated carbocycles. The van der Waals surface area contributed by atoms with Crippen LogP contribution in [-0.2, 0) is 16.6 Å². The van der Waals surface area contributed by atoms with Crippen LogP contribution < -0.4 is 39.0 Å². The van der Waals surface area contributed by atoms with Gasteiger partial charge in [-0.05, 0) is 26.0 Å². The Labute approximate surface area is 186 Å². The predicted molar refractivity (Wildman–Crippen MR) is 96.9 cm³/mol. The number of aromatic amines is 1. The molecule has 0 amide bonds. The molecule has 0 aliphatic rings. The number of ether oxygens (including phenoxy) is 2. The van der Waals surface area contributed by atoms with Crippen LogP contribution in [-0.4, -0.2) is 44.3 Å². The van der Waals surface area contributed by atoms with E-state index in [9.17, 15) is 13.0 Å². The normalized spacial score (nSPS) is 12.1. The molecule has 0 aliphatic heterocycles. The van der Waals surface area contributed by atoms with Gasteiger partial charge in [-0.15, -0.1) is 0 Å². The van der Waals surface area contributed by atoms with Crippen LogP contribution >= 0.6 is 0 Å². The topological polar surface area (TPSA) is 90.0 Å². The number of hydrogen-bond donors (Lipinski definition) is 1. The first-order chi connectivity index (χ1) is 12.9. The summed E-state index contributed by atoms with van der Waals surface area (Å²) in [5.41, 5.74) is 2.83. The summed E-state index contributed by atoms with van der Waals surface area (Å²) in [5, 5.41) is 0.229. The number of halogens is 2. The van der Waals surface area contributed by atoms with Gasteiger partial charge in [0.05, 0.1) is 34.9 Å². The Hall–Kier alpha value is -1.62. The van der Waals surface area contributed by atoms with Crippen LogP contribution in [0.3, 0.4) is 0 Å². The smallest absolute Gasteiger partial charge is 1.00 e. The molecule has 7 nitrogen and oxygen atoms in total. The predicted octanol–water partition coefficient (Wildman–Crippen LogP) is 0.0465. The van der Waals surface area contributed by atoms with E-state index in [1.165, 1.54) is 0 Å². The van der Waals surface area contributed by atoms with Crippen molar-refractivity contribution in [1.29, 1.82) is 0 Å². The molecule has 11 heteroatoms. The molecule has 0 fully saturated rings. The number of hydrogen-bond acceptors (Lipinski definition) is 6. The first kappa shape index (κ1) is 22.7. The van der Waals surface area contributed by atoms with E-state index in [0.717, 1.165) is 5.56 Å². The molecule has 0 radical (unpaired) electrons. The minimum atomic E-state index is -2.59. The quantitative estimate of drug-likeness (QED) is 0.543. The van der Waals surface area contributed by atoms with Crippen LogP contribution in [0, 0.1) is 13.8 Å². The first-order valence-corrected chi connectivity index (χ1v) is 9.36. The molecular formula is C17H19F2N4NaO3S. The Morgan fingerprint density at radius 1 is 1.32 bits per heavy atom. The number of rotatable bonds is 7. The van der Waals surface area contributed by atoms with Crippen molar-refractivity contribution in [1.82, 2.24) is 19.9 Å². The van der Waals surface area contributed by atoms with Gasteiger partial charge in [-0.2, -0.15) is 4.98 Å². The third-order valence-electron chi connectivity index (χ3n) is 3.90. The average molecular weight is 420 g/mol. The van der Waals surface area contributed by atoms with Gasteiger partial charge in [-0.25, -0.2) is 13.8 Å². The third-order valence-corrected chi connectivity index (χ3v) is 5.06. The summed E-state index contributed by atoms with van der Waals surface area (Å²) < 4.78 is 47.6. The van der Waals surface area contributed by atoms with E-state index in [-0.39, 0.29) is 53.4 Å². The van der Waals surface area contributed by atoms with E-state index in [1.54, 1.807) is 32.4 Å². The Kier molecular flexibility index (Phi) is 7.87. The number of methoxy groups -OCH3 is 1. The minimum absolute atomic E-state index is 0. The molecule has 0 aromatic carbocycles. The number of alkyl halides is 2. The number of pyridine rings is 2. The fourth-order valence-corrected chi connectivity index (χ4v) is 3.61. The maximum atomic E-state index is 12.7. The number of imidazole rings is 1. The molecule has 3 heterocycles. The van der Waals surface area contributed by atoms with Crippen LogP contribution in [0.5, 0.6) is 11.6 Å². The van der Waals surface area contributed by atoms with Crippen molar-refractivity contribution in [2.45, 2.75) is 31.2 Å². The molecule has 3 aromatic heterocycles. The minimum Gasteiger partial charge on any atom is -1.00 e. The molecule has 3 aromatic rings. The Morgan fingerprint density at radius 2 is 2.07 bits per heavy atom. The summed E-state index contributed by atoms with van der Waals surface area (Å²) >= 11 is 0. The number of aromatic nitrogens is 4. The molecular weight excluding hydrogens is 401 g/mol. The second-order valence-electron chi connectivity index (χ2n) is 5.80. The van der Waals surface area contributed by atoms with E-state index in [4.69, 9.17) is 9.47 Å². The van der Waals surface area contributed by atoms with Crippen molar-refractivity contribution in [3.63, 3.8) is 0 Å². The summed E-state index contributed by atoms with van der Waals surface area (Å²) in [5.74, 6) is 0.896. The van der Waals surface area contributed by atoms with Crippen LogP contribution in [0.25, 0.3) is 11.2 Å². The van der Waals surface area contributed by atoms with Crippen molar-refractivity contribution in [2.75, 3.05) is 13.7 Å². The largest absolute Gasteiger partial charge is 1.00 e. The van der Waals surface area contributed by atoms with Crippen LogP contribution in [0.1, 0.15) is 18.2 Å². The van der Waals surface area contributed by atoms with Crippen molar-refractivity contribution in [3.8, 4) is 11.6 Å². The SMILES string of the molecule is COc1ccnc(CS(=O)c2nc3nc(OCC(F)F)c(C)cc3[nH]2)c1C.[H-].[Na+]. The van der Waals surface area contributed by atoms with Crippen molar-refractivity contribution in [2.24, 2.45) is 0 Å². The number of fused-ring (bicyclic) bond motifs is 1. The molecule has 28 heavy (non-hydrogen) atoms. The van der Waals surface area contributed by atoms with Gasteiger partial charge in [0.15, 0.2) is 17.4 Å². The number of nitrogens with one attached hydrogen (secondary N) is 1. The van der Waals surface area contributed by atoms with E-state index >= 15 is 0 Å². The second-order valence-corrected chi connectivity index (χ2v) is 7.17. The van der Waals surface area contributed by atoms with Gasteiger partial charge >= 0.3 is 29.6 Å². The van der Waals surface area contributed by atoms with Gasteiger partial charge < -0.3 is 15.9 Å². The van der Waals surface area contributed by atoms with Crippen LogP contribution in [0.2, 0.25) is 0 Å². The first-order valence-electron chi connectivity index (χ1n) is 8.04. The standard InChI is InChI=1S/C17H18F2N4O3S.Na.H/c1-9-6-11-15(22-16(9)26-7-14(18)19)23-17(21-11)27(24)8-12-10(2)13(25-3)4-5-20-12;;/h4-6,14H,7-8H2,1-3H3,(H,21,22,23);;/q;+1;-1. The van der Waals surface area contributed by atoms with Gasteiger partial charge in [0.1, 0.15) is 5.75 Å². The number of H-pyrrole nitrogens is 1. The monoisotopic (exact) mass is 420 g/mol. The molecule has 0 aliphatic carbocycles. The van der Waals surface area contributed by atoms with E-state index in [2.05, 4.69) is 19.9 Å². The summed E-state index contributed by atoms with van der Waals surface area (Å²) in [6.45, 7) is 2.78. The number of aryl methyl sites for hydroxylation is 1. The zero-order chi connectivity index (χ0) is 19.6. The van der Waals surface area contributed by atoms with Gasteiger partial charge in [0.25, 0.3) is 6.43 Å². The third kappa shape index (κ3) is 5.05. The Balaban J connectivity index is 0.00000210. The molecule has 1 atom stereocenters. The maximum absolute atomic E-state index is 12.7. The zero-order valence-corrected chi connectivity index (χ0v) is 18.8. The van der Waals surface area contributed by atoms with E-state index < -0.39 is 23.8 Å². The molecule has 1 unspecified atom stereocenters. The average Bonchev–Trinajstić information content (AvgIpc) is 3.04. The fraction of sp³-hybridized carbons (Fsp3) is 0.353. The summed E-state index contributed by atoms with van der Waals surface area (Å²) in [6, 6.07) is 3.41. The van der Waals surface area contributed by atoms with Crippen LogP contribution in [0.4, 0.5) is 8.78 Å². The maximum Gasteiger partial charge on any atom is 1.00 e. The fourth-order valence-electron chi connectivity index (χ4n) is 2.52. The summed E-state index contributed by atoms with van der Waals surface area (Å²) in [7, 11) is 0.0621. The number of nitrogens with zero attached hydrogens (tertiary/aromatic N) is 3. The molecule has 0 bridgehead atoms. The van der Waals surface area contributed by atoms with Gasteiger partial charge in [0, 0.05) is 17.3 Å². The van der Waals surface area contributed by atoms with E-state index in [1.807, 2.05) is 6.92 Å². The summed E-state index contributed by atoms with van der Waals surface area (Å²) in [6.07, 6.45) is -1.00. The molecule has 3 rings (SSSR count). The Morgan fingerprint density at radius 3 is 2.75 bits per heavy atom. The summed E-state index contributed by atoms with van der Waals surface area (Å²) in [4.78, 5) is 15.6. The second kappa shape index (κ2) is 9.73. The molecule has 146 valence electrons. The van der Waals surface area contributed by atoms with Crippen LogP contribution in [0.15, 0.2) is 23.5 Å². The molecule has 0 spiro atoms. The van der Waals surface area contributed by atoms with Gasteiger partial charge in [-0.1, -0.05) is 0 Å². The van der Waals surface area contributed by atoms with Gasteiger partial charge in [0.2, 0.25) is 5.88 Å². The van der Waals surface area contributed by atoms with Gasteiger partial charge in [-0.3, -0.25) is 9.19 Å². The molecule has 0 saturated heterocycles.